The minimum Gasteiger partial charge on any atom is -0.444 e. The molecule has 0 bridgehead atoms. The molecule has 1 aromatic heterocycles. The molecule has 5 nitrogen and oxygen atoms in total. The van der Waals surface area contributed by atoms with Crippen LogP contribution in [0.25, 0.3) is 0 Å². The molecule has 132 valence electrons. The number of carbonyl (C=O) groups is 2. The number of amides is 2. The number of hydrogen-bond donors (Lipinski definition) is 1. The van der Waals surface area contributed by atoms with E-state index in [-0.39, 0.29) is 17.9 Å². The zero-order chi connectivity index (χ0) is 18.0. The Balaban J connectivity index is 1.55. The van der Waals surface area contributed by atoms with Crippen molar-refractivity contribution >= 4 is 50.9 Å². The van der Waals surface area contributed by atoms with Gasteiger partial charge in [-0.3, -0.25) is 9.59 Å². The number of hydrogen-bond acceptors (Lipinski definition) is 3. The summed E-state index contributed by atoms with van der Waals surface area (Å²) >= 11 is 15.1. The summed E-state index contributed by atoms with van der Waals surface area (Å²) in [5.74, 6) is -0.0695. The number of likely N-dealkylation sites (tertiary alicyclic amines) is 1. The zero-order valence-corrected chi connectivity index (χ0v) is 16.2. The predicted molar refractivity (Wildman–Crippen MR) is 99.3 cm³/mol. The average molecular weight is 446 g/mol. The Hall–Kier alpha value is -1.50. The minimum atomic E-state index is -0.235. The van der Waals surface area contributed by atoms with Crippen LogP contribution in [0.1, 0.15) is 33.8 Å². The van der Waals surface area contributed by atoms with E-state index < -0.39 is 0 Å². The smallest absolute Gasteiger partial charge is 0.289 e. The van der Waals surface area contributed by atoms with Gasteiger partial charge in [-0.1, -0.05) is 23.2 Å². The highest BCUT2D eigenvalue weighted by Crippen LogP contribution is 2.22. The molecular formula is C17H15BrCl2N2O3. The first-order chi connectivity index (χ1) is 11.9. The van der Waals surface area contributed by atoms with Crippen LogP contribution < -0.4 is 5.32 Å². The van der Waals surface area contributed by atoms with Gasteiger partial charge >= 0.3 is 0 Å². The number of rotatable bonds is 3. The van der Waals surface area contributed by atoms with Crippen LogP contribution >= 0.6 is 39.1 Å². The maximum Gasteiger partial charge on any atom is 0.289 e. The molecule has 25 heavy (non-hydrogen) atoms. The lowest BCUT2D eigenvalue weighted by Gasteiger charge is -2.32. The average Bonchev–Trinajstić information content (AvgIpc) is 3.01. The predicted octanol–water partition coefficient (Wildman–Crippen LogP) is 4.38. The number of piperidine rings is 1. The number of nitrogens with zero attached hydrogens (tertiary/aromatic N) is 1. The lowest BCUT2D eigenvalue weighted by Crippen LogP contribution is -2.46. The van der Waals surface area contributed by atoms with Gasteiger partial charge in [0.2, 0.25) is 0 Å². The molecule has 1 aliphatic rings. The first kappa shape index (κ1) is 18.3. The molecule has 0 atom stereocenters. The molecular weight excluding hydrogens is 431 g/mol. The molecule has 1 fully saturated rings. The van der Waals surface area contributed by atoms with Crippen LogP contribution in [-0.4, -0.2) is 35.8 Å². The Morgan fingerprint density at radius 1 is 1.16 bits per heavy atom. The summed E-state index contributed by atoms with van der Waals surface area (Å²) in [7, 11) is 0. The first-order valence-electron chi connectivity index (χ1n) is 7.74. The molecule has 3 rings (SSSR count). The van der Waals surface area contributed by atoms with Crippen molar-refractivity contribution in [3.05, 3.63) is 56.4 Å². The van der Waals surface area contributed by atoms with E-state index >= 15 is 0 Å². The second-order valence-corrected chi connectivity index (χ2v) is 7.39. The van der Waals surface area contributed by atoms with Crippen molar-refractivity contribution in [2.24, 2.45) is 0 Å². The molecule has 8 heteroatoms. The van der Waals surface area contributed by atoms with Gasteiger partial charge in [-0.15, -0.1) is 0 Å². The highest BCUT2D eigenvalue weighted by molar-refractivity contribution is 9.10. The van der Waals surface area contributed by atoms with Gasteiger partial charge in [0, 0.05) is 24.2 Å². The van der Waals surface area contributed by atoms with E-state index in [0.29, 0.717) is 52.0 Å². The fourth-order valence-corrected chi connectivity index (χ4v) is 3.55. The second-order valence-electron chi connectivity index (χ2n) is 5.77. The normalized spacial score (nSPS) is 15.2. The maximum absolute atomic E-state index is 12.3. The zero-order valence-electron chi connectivity index (χ0n) is 13.1. The van der Waals surface area contributed by atoms with Gasteiger partial charge in [-0.2, -0.15) is 0 Å². The first-order valence-corrected chi connectivity index (χ1v) is 9.29. The summed E-state index contributed by atoms with van der Waals surface area (Å²) in [4.78, 5) is 26.4. The Morgan fingerprint density at radius 3 is 2.48 bits per heavy atom. The Kier molecular flexibility index (Phi) is 5.71. The maximum atomic E-state index is 12.3. The van der Waals surface area contributed by atoms with E-state index in [1.165, 1.54) is 0 Å². The number of nitrogens with one attached hydrogen (secondary N) is 1. The third-order valence-electron chi connectivity index (χ3n) is 4.08. The summed E-state index contributed by atoms with van der Waals surface area (Å²) in [5.41, 5.74) is 0.394. The van der Waals surface area contributed by atoms with E-state index in [1.54, 1.807) is 35.2 Å². The van der Waals surface area contributed by atoms with Crippen molar-refractivity contribution in [1.29, 1.82) is 0 Å². The molecule has 1 aliphatic heterocycles. The van der Waals surface area contributed by atoms with Gasteiger partial charge in [0.1, 0.15) is 0 Å². The number of furan rings is 1. The van der Waals surface area contributed by atoms with Gasteiger partial charge in [0.15, 0.2) is 10.4 Å². The highest BCUT2D eigenvalue weighted by Gasteiger charge is 2.26. The molecule has 2 aromatic rings. The van der Waals surface area contributed by atoms with Gasteiger partial charge in [-0.05, 0) is 59.1 Å². The van der Waals surface area contributed by atoms with E-state index in [2.05, 4.69) is 21.2 Å². The number of benzene rings is 1. The van der Waals surface area contributed by atoms with Crippen LogP contribution in [0.4, 0.5) is 0 Å². The molecule has 1 saturated heterocycles. The van der Waals surface area contributed by atoms with Gasteiger partial charge < -0.3 is 14.6 Å². The Labute approximate surface area is 163 Å². The largest absolute Gasteiger partial charge is 0.444 e. The van der Waals surface area contributed by atoms with Crippen molar-refractivity contribution in [2.75, 3.05) is 13.1 Å². The SMILES string of the molecule is O=C(NC1CCN(C(=O)c2ccc(Br)o2)CC1)c1ccc(Cl)cc1Cl. The monoisotopic (exact) mass is 444 g/mol. The fraction of sp³-hybridized carbons (Fsp3) is 0.294. The topological polar surface area (TPSA) is 62.6 Å². The van der Waals surface area contributed by atoms with Crippen molar-refractivity contribution in [3.63, 3.8) is 0 Å². The van der Waals surface area contributed by atoms with Crippen molar-refractivity contribution in [2.45, 2.75) is 18.9 Å². The van der Waals surface area contributed by atoms with Gasteiger partial charge in [0.05, 0.1) is 10.6 Å². The molecule has 0 aliphatic carbocycles. The van der Waals surface area contributed by atoms with Gasteiger partial charge in [0.25, 0.3) is 11.8 Å². The summed E-state index contributed by atoms with van der Waals surface area (Å²) in [6, 6.07) is 8.10. The number of carbonyl (C=O) groups excluding carboxylic acids is 2. The third kappa shape index (κ3) is 4.37. The molecule has 1 aromatic carbocycles. The van der Waals surface area contributed by atoms with E-state index in [4.69, 9.17) is 27.6 Å². The summed E-state index contributed by atoms with van der Waals surface area (Å²) in [5, 5.41) is 3.77. The van der Waals surface area contributed by atoms with Crippen LogP contribution in [0, 0.1) is 0 Å². The van der Waals surface area contributed by atoms with Crippen LogP contribution in [-0.2, 0) is 0 Å². The van der Waals surface area contributed by atoms with Crippen LogP contribution in [0.5, 0.6) is 0 Å². The van der Waals surface area contributed by atoms with Crippen molar-refractivity contribution in [3.8, 4) is 0 Å². The Morgan fingerprint density at radius 2 is 1.88 bits per heavy atom. The summed E-state index contributed by atoms with van der Waals surface area (Å²) in [6.07, 6.45) is 1.34. The third-order valence-corrected chi connectivity index (χ3v) is 5.05. The van der Waals surface area contributed by atoms with Gasteiger partial charge in [-0.25, -0.2) is 0 Å². The quantitative estimate of drug-likeness (QED) is 0.762. The molecule has 0 radical (unpaired) electrons. The van der Waals surface area contributed by atoms with Crippen molar-refractivity contribution in [1.82, 2.24) is 10.2 Å². The van der Waals surface area contributed by atoms with Crippen LogP contribution in [0.2, 0.25) is 10.0 Å². The highest BCUT2D eigenvalue weighted by atomic mass is 79.9. The molecule has 2 amide bonds. The van der Waals surface area contributed by atoms with E-state index in [9.17, 15) is 9.59 Å². The molecule has 0 spiro atoms. The summed E-state index contributed by atoms with van der Waals surface area (Å²) < 4.78 is 5.83. The molecule has 0 saturated carbocycles. The summed E-state index contributed by atoms with van der Waals surface area (Å²) in [6.45, 7) is 1.10. The minimum absolute atomic E-state index is 0.00775. The molecule has 2 heterocycles. The van der Waals surface area contributed by atoms with E-state index in [0.717, 1.165) is 0 Å². The van der Waals surface area contributed by atoms with E-state index in [1.807, 2.05) is 0 Å². The fourth-order valence-electron chi connectivity index (χ4n) is 2.75. The standard InChI is InChI=1S/C17H15BrCl2N2O3/c18-15-4-3-14(25-15)17(24)22-7-5-11(6-8-22)21-16(23)12-2-1-10(19)9-13(12)20/h1-4,9,11H,5-8H2,(H,21,23). The Bertz CT molecular complexity index is 801. The molecule has 0 unspecified atom stereocenters. The lowest BCUT2D eigenvalue weighted by molar-refractivity contribution is 0.0666. The van der Waals surface area contributed by atoms with Crippen LogP contribution in [0.3, 0.4) is 0 Å². The van der Waals surface area contributed by atoms with Crippen molar-refractivity contribution < 1.29 is 14.0 Å². The lowest BCUT2D eigenvalue weighted by atomic mass is 10.0. The second kappa shape index (κ2) is 7.81. The van der Waals surface area contributed by atoms with Crippen LogP contribution in [0.15, 0.2) is 39.4 Å². The number of halogens is 3. The molecule has 1 N–H and O–H groups in total.